The van der Waals surface area contributed by atoms with E-state index in [-0.39, 0.29) is 46.7 Å². The van der Waals surface area contributed by atoms with Crippen LogP contribution in [0.5, 0.6) is 0 Å². The first-order chi connectivity index (χ1) is 32.0. The molecule has 1 N–H and O–H groups in total. The molecule has 4 bridgehead atoms. The van der Waals surface area contributed by atoms with Crippen molar-refractivity contribution in [2.45, 2.75) is 86.6 Å². The van der Waals surface area contributed by atoms with Crippen LogP contribution in [0.25, 0.3) is 0 Å². The van der Waals surface area contributed by atoms with Crippen LogP contribution < -0.4 is 5.11 Å². The van der Waals surface area contributed by atoms with Crippen molar-refractivity contribution in [3.63, 3.8) is 0 Å². The number of carbonyl (C=O) groups is 2. The van der Waals surface area contributed by atoms with Crippen LogP contribution >= 0.6 is 0 Å². The summed E-state index contributed by atoms with van der Waals surface area (Å²) in [6.07, 6.45) is 1.20. The van der Waals surface area contributed by atoms with Gasteiger partial charge in [-0.05, 0) is 136 Å². The lowest BCUT2D eigenvalue weighted by molar-refractivity contribution is -0.351. The highest BCUT2D eigenvalue weighted by Crippen LogP contribution is 2.60. The molecule has 4 aliphatic rings. The Hall–Kier alpha value is -5.38. The van der Waals surface area contributed by atoms with Gasteiger partial charge in [0.25, 0.3) is 0 Å². The molecule has 8 nitrogen and oxygen atoms in total. The number of carboxylic acid groups (broad SMARTS) is 1. The zero-order chi connectivity index (χ0) is 48.1. The van der Waals surface area contributed by atoms with Crippen LogP contribution in [0.4, 0.5) is 13.2 Å². The molecule has 0 aliphatic heterocycles. The molecule has 6 aromatic rings. The van der Waals surface area contributed by atoms with E-state index >= 15 is 0 Å². The zero-order valence-electron chi connectivity index (χ0n) is 36.9. The molecule has 0 saturated heterocycles. The van der Waals surface area contributed by atoms with Crippen molar-refractivity contribution in [2.24, 2.45) is 23.2 Å². The molecule has 0 amide bonds. The van der Waals surface area contributed by atoms with E-state index in [2.05, 4.69) is 182 Å². The summed E-state index contributed by atoms with van der Waals surface area (Å²) >= 11 is 0. The van der Waals surface area contributed by atoms with Gasteiger partial charge in [0.1, 0.15) is 6.61 Å². The van der Waals surface area contributed by atoms with Gasteiger partial charge in [0, 0.05) is 0 Å². The van der Waals surface area contributed by atoms with Crippen molar-refractivity contribution in [2.75, 3.05) is 12.4 Å². The van der Waals surface area contributed by atoms with Gasteiger partial charge in [0.15, 0.2) is 35.0 Å². The molecule has 4 aliphatic carbocycles. The molecule has 0 aromatic heterocycles. The largest absolute Gasteiger partial charge is 0.748 e. The molecule has 67 heavy (non-hydrogen) atoms. The third-order valence-electron chi connectivity index (χ3n) is 11.9. The van der Waals surface area contributed by atoms with Crippen LogP contribution in [0.2, 0.25) is 0 Å². The summed E-state index contributed by atoms with van der Waals surface area (Å²) in [4.78, 5) is 30.0. The van der Waals surface area contributed by atoms with Gasteiger partial charge < -0.3 is 24.3 Å². The molecule has 10 rings (SSSR count). The fourth-order valence-electron chi connectivity index (χ4n) is 9.02. The van der Waals surface area contributed by atoms with Gasteiger partial charge >= 0.3 is 12.1 Å². The summed E-state index contributed by atoms with van der Waals surface area (Å²) in [6.45, 7) is -0.186. The standard InChI is InChI=1S/2C18H15S.C13H20O5S.C4H5F3O3/c2*1-4-10-16(11-5-1)19(17-12-6-2-7-13-17)18-14-8-3-9-15-18;14-12(18-1-2-19(15,16)17)13-6-9-3-10(7-13)5-11(4-9)8-13;1-3(10,2(8)9)4(5,6)7/h2*1-15H;9-11H,1-8H2,(H,15,16,17);10H,1H3,(H,8,9)/q2*+1;;/p-2. The minimum atomic E-state index is -5.19. The number of carboxylic acids is 1. The Kier molecular flexibility index (Phi) is 17.6. The molecule has 352 valence electrons. The predicted molar refractivity (Wildman–Crippen MR) is 251 cm³/mol. The maximum absolute atomic E-state index is 12.3. The number of aliphatic hydroxyl groups is 1. The number of ether oxygens (including phenoxy) is 1. The second-order valence-corrected chi connectivity index (χ2v) is 22.5. The topological polar surface area (TPSA) is 144 Å². The lowest BCUT2D eigenvalue weighted by Crippen LogP contribution is -2.56. The van der Waals surface area contributed by atoms with E-state index in [0.717, 1.165) is 19.3 Å². The monoisotopic (exact) mass is 970 g/mol. The molecular weight excluding hydrogens is 918 g/mol. The maximum Gasteiger partial charge on any atom is 0.422 e. The van der Waals surface area contributed by atoms with E-state index in [0.29, 0.717) is 17.8 Å². The summed E-state index contributed by atoms with van der Waals surface area (Å²) in [6, 6.07) is 64.3. The molecule has 1 unspecified atom stereocenters. The Morgan fingerprint density at radius 3 is 1.03 bits per heavy atom. The summed E-state index contributed by atoms with van der Waals surface area (Å²) in [5, 5.41) is 17.7. The van der Waals surface area contributed by atoms with Crippen LogP contribution in [0.3, 0.4) is 0 Å². The van der Waals surface area contributed by atoms with Crippen LogP contribution in [0.1, 0.15) is 45.4 Å². The molecule has 6 aromatic carbocycles. The number of halogens is 3. The van der Waals surface area contributed by atoms with E-state index in [1.807, 2.05) is 0 Å². The molecular formula is C53H53F3O8S3. The SMILES string of the molecule is CC(O)(C(=O)[O-])C(F)(F)F.O=C(OCCS(=O)(=O)[O-])C12CC3CC(CC(C3)C1)C2.c1ccc([S+](c2ccccc2)c2ccccc2)cc1.c1ccc([S+](c2ccccc2)c2ccccc2)cc1. The highest BCUT2D eigenvalue weighted by atomic mass is 32.2. The van der Waals surface area contributed by atoms with Gasteiger partial charge in [-0.3, -0.25) is 4.79 Å². The minimum Gasteiger partial charge on any atom is -0.748 e. The van der Waals surface area contributed by atoms with Crippen LogP contribution in [-0.4, -0.2) is 54.2 Å². The third kappa shape index (κ3) is 14.1. The van der Waals surface area contributed by atoms with E-state index in [1.54, 1.807) is 0 Å². The molecule has 0 heterocycles. The molecule has 0 radical (unpaired) electrons. The number of alkyl halides is 3. The normalized spacial score (nSPS) is 20.1. The van der Waals surface area contributed by atoms with Crippen molar-refractivity contribution in [1.82, 2.24) is 0 Å². The second-order valence-electron chi connectivity index (χ2n) is 16.9. The van der Waals surface area contributed by atoms with Gasteiger partial charge in [0.2, 0.25) is 0 Å². The average Bonchev–Trinajstić information content (AvgIpc) is 3.31. The van der Waals surface area contributed by atoms with Crippen LogP contribution in [0.15, 0.2) is 211 Å². The summed E-state index contributed by atoms with van der Waals surface area (Å²) in [7, 11) is -4.33. The highest BCUT2D eigenvalue weighted by Gasteiger charge is 2.55. The van der Waals surface area contributed by atoms with Gasteiger partial charge in [-0.25, -0.2) is 8.42 Å². The predicted octanol–water partition coefficient (Wildman–Crippen LogP) is 9.90. The van der Waals surface area contributed by atoms with Gasteiger partial charge in [-0.15, -0.1) is 0 Å². The van der Waals surface area contributed by atoms with Crippen molar-refractivity contribution >= 4 is 43.8 Å². The third-order valence-corrected chi connectivity index (χ3v) is 17.0. The maximum atomic E-state index is 12.3. The molecule has 14 heteroatoms. The van der Waals surface area contributed by atoms with Crippen molar-refractivity contribution < 1.29 is 50.7 Å². The Balaban J connectivity index is 0.000000151. The van der Waals surface area contributed by atoms with E-state index in [1.165, 1.54) is 48.6 Å². The number of carbonyl (C=O) groups excluding carboxylic acids is 2. The smallest absolute Gasteiger partial charge is 0.422 e. The van der Waals surface area contributed by atoms with E-state index < -0.39 is 33.6 Å². The summed E-state index contributed by atoms with van der Waals surface area (Å²) in [5.74, 6) is -1.52. The first kappa shape index (κ1) is 51.0. The first-order valence-corrected chi connectivity index (χ1v) is 25.9. The number of hydrogen-bond donors (Lipinski definition) is 1. The Morgan fingerprint density at radius 1 is 0.582 bits per heavy atom. The summed E-state index contributed by atoms with van der Waals surface area (Å²) < 4.78 is 70.9. The lowest BCUT2D eigenvalue weighted by Gasteiger charge is -2.55. The van der Waals surface area contributed by atoms with Gasteiger partial charge in [-0.1, -0.05) is 109 Å². The molecule has 4 saturated carbocycles. The van der Waals surface area contributed by atoms with Crippen molar-refractivity contribution in [3.05, 3.63) is 182 Å². The first-order valence-electron chi connectivity index (χ1n) is 21.9. The van der Waals surface area contributed by atoms with Crippen LogP contribution in [0, 0.1) is 23.2 Å². The Morgan fingerprint density at radius 2 is 0.836 bits per heavy atom. The minimum absolute atomic E-state index is 0.0146. The molecule has 0 spiro atoms. The summed E-state index contributed by atoms with van der Waals surface area (Å²) in [5.41, 5.74) is -4.13. The quantitative estimate of drug-likeness (QED) is 0.0768. The lowest BCUT2D eigenvalue weighted by atomic mass is 9.49. The Labute approximate surface area is 396 Å². The fourth-order valence-corrected chi connectivity index (χ4v) is 13.5. The molecule has 1 atom stereocenters. The van der Waals surface area contributed by atoms with Crippen LogP contribution in [-0.2, 0) is 46.2 Å². The number of benzene rings is 6. The number of hydrogen-bond acceptors (Lipinski definition) is 8. The zero-order valence-corrected chi connectivity index (χ0v) is 39.3. The average molecular weight is 971 g/mol. The number of rotatable bonds is 11. The van der Waals surface area contributed by atoms with E-state index in [4.69, 9.17) is 9.84 Å². The number of aliphatic carboxylic acids is 1. The van der Waals surface area contributed by atoms with Gasteiger partial charge in [0.05, 0.1) is 49.0 Å². The fraction of sp³-hybridized carbons (Fsp3) is 0.283. The van der Waals surface area contributed by atoms with Gasteiger partial charge in [-0.2, -0.15) is 13.2 Å². The van der Waals surface area contributed by atoms with Crippen molar-refractivity contribution in [1.29, 1.82) is 0 Å². The van der Waals surface area contributed by atoms with E-state index in [9.17, 15) is 40.8 Å². The number of esters is 1. The highest BCUT2D eigenvalue weighted by molar-refractivity contribution is 7.97. The molecule has 4 fully saturated rings. The van der Waals surface area contributed by atoms with Crippen molar-refractivity contribution in [3.8, 4) is 0 Å². The Bertz CT molecular complexity index is 2230. The second kappa shape index (κ2) is 23.1.